The number of benzene rings is 2. The van der Waals surface area contributed by atoms with Crippen LogP contribution in [0.25, 0.3) is 0 Å². The van der Waals surface area contributed by atoms with E-state index in [1.54, 1.807) is 48.7 Å². The summed E-state index contributed by atoms with van der Waals surface area (Å²) in [5.74, 6) is 0.255. The van der Waals surface area contributed by atoms with Gasteiger partial charge in [-0.25, -0.2) is 14.8 Å². The molecule has 4 heterocycles. The molecule has 0 aliphatic carbocycles. The van der Waals surface area contributed by atoms with E-state index in [0.29, 0.717) is 52.1 Å². The van der Waals surface area contributed by atoms with E-state index in [2.05, 4.69) is 32.5 Å². The smallest absolute Gasteiger partial charge is 0.407 e. The summed E-state index contributed by atoms with van der Waals surface area (Å²) in [6.07, 6.45) is 3.37. The summed E-state index contributed by atoms with van der Waals surface area (Å²) >= 11 is 0. The zero-order chi connectivity index (χ0) is 34.7. The van der Waals surface area contributed by atoms with Crippen LogP contribution in [-0.4, -0.2) is 77.2 Å². The van der Waals surface area contributed by atoms with Crippen LogP contribution in [0.2, 0.25) is 0 Å². The number of H-pyrrole nitrogens is 1. The number of carbonyl (C=O) groups is 3. The maximum atomic E-state index is 15.1. The molecule has 5 N–H and O–H groups in total. The molecule has 2 aromatic heterocycles. The number of amides is 2. The minimum absolute atomic E-state index is 0.113. The van der Waals surface area contributed by atoms with Crippen LogP contribution in [0.15, 0.2) is 73.6 Å². The molecule has 0 saturated carbocycles. The molecule has 2 aliphatic heterocycles. The second-order valence-corrected chi connectivity index (χ2v) is 11.7. The molecular weight excluding hydrogens is 630 g/mol. The van der Waals surface area contributed by atoms with Crippen LogP contribution in [-0.2, 0) is 28.0 Å². The number of aromatic amines is 1. The Morgan fingerprint density at radius 1 is 1.10 bits per heavy atom. The standard InChI is InChI=1S/C35H37N7O7/c1-5-29(43)39-24-8-6-7-9-25(24)40-33-38-13-11-26(41-33)31-35(19-36-17-20-10-12-37-30(20)35)32(44)21(18-42(31)34(45)46)14-23-27(48-3)15-22(47-2)16-28(23)49-4/h5-13,15-16,21,31,36-37H,1,14,17-19H2,2-4H3,(H,39,43)(H,45,46)(H,38,40,41). The number of fused-ring (bicyclic) bond motifs is 2. The van der Waals surface area contributed by atoms with Crippen LogP contribution in [0.5, 0.6) is 17.2 Å². The van der Waals surface area contributed by atoms with E-state index >= 15 is 4.79 Å². The van der Waals surface area contributed by atoms with Crippen molar-refractivity contribution in [2.45, 2.75) is 24.4 Å². The Bertz CT molecular complexity index is 1890. The van der Waals surface area contributed by atoms with Crippen LogP contribution in [0.4, 0.5) is 22.1 Å². The van der Waals surface area contributed by atoms with Gasteiger partial charge in [0.1, 0.15) is 22.7 Å². The predicted octanol–water partition coefficient (Wildman–Crippen LogP) is 4.20. The van der Waals surface area contributed by atoms with Crippen molar-refractivity contribution in [1.82, 2.24) is 25.2 Å². The first-order valence-electron chi connectivity index (χ1n) is 15.6. The van der Waals surface area contributed by atoms with Gasteiger partial charge in [0.2, 0.25) is 11.9 Å². The van der Waals surface area contributed by atoms with Gasteiger partial charge in [-0.05, 0) is 42.3 Å². The molecule has 254 valence electrons. The van der Waals surface area contributed by atoms with Crippen LogP contribution < -0.4 is 30.2 Å². The largest absolute Gasteiger partial charge is 0.496 e. The molecule has 14 nitrogen and oxygen atoms in total. The third kappa shape index (κ3) is 6.02. The van der Waals surface area contributed by atoms with E-state index in [9.17, 15) is 14.7 Å². The maximum absolute atomic E-state index is 15.1. The van der Waals surface area contributed by atoms with Crippen molar-refractivity contribution in [1.29, 1.82) is 0 Å². The molecule has 6 rings (SSSR count). The quantitative estimate of drug-likeness (QED) is 0.153. The van der Waals surface area contributed by atoms with Gasteiger partial charge in [-0.3, -0.25) is 14.5 Å². The number of Topliss-reactive ketones (excluding diaryl/α,β-unsaturated/α-hetero) is 1. The molecule has 3 atom stereocenters. The lowest BCUT2D eigenvalue weighted by Gasteiger charge is -2.51. The number of piperidine rings is 1. The van der Waals surface area contributed by atoms with Crippen molar-refractivity contribution >= 4 is 35.1 Å². The van der Waals surface area contributed by atoms with Crippen LogP contribution in [0, 0.1) is 5.92 Å². The van der Waals surface area contributed by atoms with Crippen molar-refractivity contribution in [3.63, 3.8) is 0 Å². The molecule has 2 aromatic carbocycles. The van der Waals surface area contributed by atoms with E-state index in [1.807, 2.05) is 6.07 Å². The number of hydrogen-bond donors (Lipinski definition) is 5. The number of ketones is 1. The van der Waals surface area contributed by atoms with Gasteiger partial charge in [-0.15, -0.1) is 0 Å². The first-order chi connectivity index (χ1) is 23.7. The number of likely N-dealkylation sites (tertiary alicyclic amines) is 1. The lowest BCUT2D eigenvalue weighted by Crippen LogP contribution is -2.65. The summed E-state index contributed by atoms with van der Waals surface area (Å²) in [5, 5.41) is 20.0. The summed E-state index contributed by atoms with van der Waals surface area (Å²) in [4.78, 5) is 54.1. The monoisotopic (exact) mass is 667 g/mol. The van der Waals surface area contributed by atoms with Gasteiger partial charge in [0, 0.05) is 61.3 Å². The Labute approximate surface area is 282 Å². The topological polar surface area (TPSA) is 180 Å². The van der Waals surface area contributed by atoms with E-state index in [1.165, 1.54) is 32.4 Å². The van der Waals surface area contributed by atoms with E-state index < -0.39 is 29.4 Å². The normalized spacial score (nSPS) is 19.9. The van der Waals surface area contributed by atoms with E-state index in [4.69, 9.17) is 19.2 Å². The van der Waals surface area contributed by atoms with Crippen LogP contribution in [0.3, 0.4) is 0 Å². The Kier molecular flexibility index (Phi) is 9.23. The number of ether oxygens (including phenoxy) is 3. The highest BCUT2D eigenvalue weighted by atomic mass is 16.5. The second kappa shape index (κ2) is 13.7. The fourth-order valence-corrected chi connectivity index (χ4v) is 6.96. The number of para-hydroxylation sites is 2. The average molecular weight is 668 g/mol. The molecule has 0 bridgehead atoms. The second-order valence-electron chi connectivity index (χ2n) is 11.7. The molecule has 49 heavy (non-hydrogen) atoms. The van der Waals surface area contributed by atoms with Crippen molar-refractivity contribution in [2.24, 2.45) is 5.92 Å². The van der Waals surface area contributed by atoms with Crippen molar-refractivity contribution < 1.29 is 33.7 Å². The number of rotatable bonds is 10. The number of carboxylic acid groups (broad SMARTS) is 1. The first kappa shape index (κ1) is 33.0. The van der Waals surface area contributed by atoms with Crippen molar-refractivity contribution in [3.05, 3.63) is 96.1 Å². The van der Waals surface area contributed by atoms with Gasteiger partial charge in [0.25, 0.3) is 0 Å². The number of aromatic nitrogens is 3. The number of hydrogen-bond acceptors (Lipinski definition) is 10. The fraction of sp³-hybridized carbons (Fsp3) is 0.286. The molecule has 2 aliphatic rings. The molecular formula is C35H37N7O7. The molecule has 1 spiro atoms. The maximum Gasteiger partial charge on any atom is 0.407 e. The number of nitrogens with zero attached hydrogens (tertiary/aromatic N) is 3. The number of methoxy groups -OCH3 is 3. The van der Waals surface area contributed by atoms with Gasteiger partial charge < -0.3 is 40.3 Å². The summed E-state index contributed by atoms with van der Waals surface area (Å²) in [5.41, 5.74) is 2.03. The van der Waals surface area contributed by atoms with E-state index in [0.717, 1.165) is 11.6 Å². The third-order valence-electron chi connectivity index (χ3n) is 9.09. The van der Waals surface area contributed by atoms with Crippen LogP contribution >= 0.6 is 0 Å². The summed E-state index contributed by atoms with van der Waals surface area (Å²) in [6.45, 7) is 4.05. The van der Waals surface area contributed by atoms with Crippen LogP contribution in [0.1, 0.15) is 28.6 Å². The number of carbonyl (C=O) groups excluding carboxylic acids is 2. The molecule has 3 unspecified atom stereocenters. The number of anilines is 3. The highest BCUT2D eigenvalue weighted by Crippen LogP contribution is 2.50. The van der Waals surface area contributed by atoms with Crippen molar-refractivity contribution in [3.8, 4) is 17.2 Å². The van der Waals surface area contributed by atoms with Gasteiger partial charge >= 0.3 is 6.09 Å². The number of nitrogens with one attached hydrogen (secondary N) is 4. The Morgan fingerprint density at radius 2 is 1.84 bits per heavy atom. The van der Waals surface area contributed by atoms with Gasteiger partial charge in [-0.1, -0.05) is 18.7 Å². The molecule has 1 saturated heterocycles. The highest BCUT2D eigenvalue weighted by molar-refractivity contribution is 6.01. The Balaban J connectivity index is 1.45. The summed E-state index contributed by atoms with van der Waals surface area (Å²) in [7, 11) is 4.57. The van der Waals surface area contributed by atoms with Gasteiger partial charge in [-0.2, -0.15) is 0 Å². The molecule has 2 amide bonds. The minimum Gasteiger partial charge on any atom is -0.496 e. The molecule has 14 heteroatoms. The lowest BCUT2D eigenvalue weighted by atomic mass is 9.62. The predicted molar refractivity (Wildman–Crippen MR) is 181 cm³/mol. The Morgan fingerprint density at radius 3 is 2.51 bits per heavy atom. The molecule has 4 aromatic rings. The zero-order valence-corrected chi connectivity index (χ0v) is 27.3. The summed E-state index contributed by atoms with van der Waals surface area (Å²) < 4.78 is 16.8. The first-order valence-corrected chi connectivity index (χ1v) is 15.6. The van der Waals surface area contributed by atoms with E-state index in [-0.39, 0.29) is 31.2 Å². The SMILES string of the molecule is C=CC(=O)Nc1ccccc1Nc1nccc(C2N(C(=O)O)CC(Cc3c(OC)cc(OC)cc3OC)C(=O)C23CNCc2cc[nH]c23)n1. The summed E-state index contributed by atoms with van der Waals surface area (Å²) in [6, 6.07) is 12.9. The zero-order valence-electron chi connectivity index (χ0n) is 27.3. The van der Waals surface area contributed by atoms with Gasteiger partial charge in [0.15, 0.2) is 5.78 Å². The minimum atomic E-state index is -1.38. The fourth-order valence-electron chi connectivity index (χ4n) is 6.96. The van der Waals surface area contributed by atoms with Crippen molar-refractivity contribution in [2.75, 3.05) is 45.1 Å². The molecule has 1 fully saturated rings. The third-order valence-corrected chi connectivity index (χ3v) is 9.09. The van der Waals surface area contributed by atoms with Gasteiger partial charge in [0.05, 0.1) is 44.4 Å². The molecule has 0 radical (unpaired) electrons. The average Bonchev–Trinajstić information content (AvgIpc) is 3.61. The lowest BCUT2D eigenvalue weighted by molar-refractivity contribution is -0.137. The highest BCUT2D eigenvalue weighted by Gasteiger charge is 2.60. The Hall–Kier alpha value is -5.89.